The predicted octanol–water partition coefficient (Wildman–Crippen LogP) is 1.77. The number of hydrogen-bond donors (Lipinski definition) is 2. The van der Waals surface area contributed by atoms with Crippen LogP contribution >= 0.6 is 11.6 Å². The van der Waals surface area contributed by atoms with E-state index >= 15 is 0 Å². The van der Waals surface area contributed by atoms with Gasteiger partial charge in [-0.15, -0.1) is 0 Å². The minimum atomic E-state index is 0.0690. The zero-order valence-electron chi connectivity index (χ0n) is 8.18. The first-order chi connectivity index (χ1) is 7.72. The molecule has 16 heavy (non-hydrogen) atoms. The average Bonchev–Trinajstić information content (AvgIpc) is 2.33. The van der Waals surface area contributed by atoms with Crippen LogP contribution in [-0.2, 0) is 0 Å². The van der Waals surface area contributed by atoms with E-state index in [0.29, 0.717) is 17.1 Å². The van der Waals surface area contributed by atoms with Crippen molar-refractivity contribution in [1.82, 2.24) is 15.0 Å². The van der Waals surface area contributed by atoms with Gasteiger partial charge < -0.3 is 11.1 Å². The van der Waals surface area contributed by atoms with Crippen LogP contribution in [0.4, 0.5) is 5.69 Å². The number of pyridine rings is 1. The first kappa shape index (κ1) is 10.5. The molecule has 0 saturated carbocycles. The monoisotopic (exact) mass is 233 g/mol. The lowest BCUT2D eigenvalue weighted by atomic mass is 10.1. The Bertz CT molecular complexity index is 526. The van der Waals surface area contributed by atoms with E-state index in [1.54, 1.807) is 24.5 Å². The van der Waals surface area contributed by atoms with E-state index < -0.39 is 0 Å². The van der Waals surface area contributed by atoms with Crippen LogP contribution < -0.4 is 5.73 Å². The summed E-state index contributed by atoms with van der Waals surface area (Å²) in [6.45, 7) is 0. The van der Waals surface area contributed by atoms with Gasteiger partial charge in [0.1, 0.15) is 5.69 Å². The fourth-order valence-electron chi connectivity index (χ4n) is 1.30. The lowest BCUT2D eigenvalue weighted by molar-refractivity contribution is 1.16. The number of hydrogen-bond acceptors (Lipinski definition) is 5. The van der Waals surface area contributed by atoms with Crippen molar-refractivity contribution in [3.8, 4) is 11.3 Å². The number of nitrogens with two attached hydrogens (primary N) is 1. The molecular formula is C10H8ClN5. The first-order valence-electron chi connectivity index (χ1n) is 4.46. The molecule has 0 amide bonds. The number of nitrogens with one attached hydrogen (secondary N) is 1. The molecule has 0 unspecified atom stereocenters. The second-order valence-electron chi connectivity index (χ2n) is 3.02. The molecule has 2 aromatic heterocycles. The molecule has 0 aliphatic carbocycles. The van der Waals surface area contributed by atoms with Gasteiger partial charge >= 0.3 is 0 Å². The fraction of sp³-hybridized carbons (Fsp3) is 0. The van der Waals surface area contributed by atoms with E-state index in [1.165, 1.54) is 0 Å². The van der Waals surface area contributed by atoms with Crippen molar-refractivity contribution in [2.75, 3.05) is 5.73 Å². The van der Waals surface area contributed by atoms with Crippen molar-refractivity contribution in [2.24, 2.45) is 0 Å². The molecule has 80 valence electrons. The van der Waals surface area contributed by atoms with Crippen LogP contribution in [0.15, 0.2) is 24.5 Å². The largest absolute Gasteiger partial charge is 0.395 e. The molecule has 0 aromatic carbocycles. The van der Waals surface area contributed by atoms with E-state index in [-0.39, 0.29) is 5.28 Å². The van der Waals surface area contributed by atoms with Gasteiger partial charge in [-0.2, -0.15) is 0 Å². The average molecular weight is 234 g/mol. The Morgan fingerprint density at radius 3 is 2.56 bits per heavy atom. The second-order valence-corrected chi connectivity index (χ2v) is 3.36. The highest BCUT2D eigenvalue weighted by atomic mass is 35.5. The normalized spacial score (nSPS) is 10.1. The number of anilines is 1. The third kappa shape index (κ3) is 1.85. The van der Waals surface area contributed by atoms with E-state index in [4.69, 9.17) is 22.7 Å². The lowest BCUT2D eigenvalue weighted by Gasteiger charge is -2.06. The summed E-state index contributed by atoms with van der Waals surface area (Å²) in [5.74, 6) is 0. The summed E-state index contributed by atoms with van der Waals surface area (Å²) in [6, 6.07) is 3.53. The minimum absolute atomic E-state index is 0.0690. The van der Waals surface area contributed by atoms with Gasteiger partial charge in [-0.05, 0) is 23.7 Å². The number of nitrogens with zero attached hydrogens (tertiary/aromatic N) is 3. The highest BCUT2D eigenvalue weighted by molar-refractivity contribution is 6.28. The van der Waals surface area contributed by atoms with E-state index in [0.717, 1.165) is 11.8 Å². The first-order valence-corrected chi connectivity index (χ1v) is 4.84. The molecule has 5 nitrogen and oxygen atoms in total. The SMILES string of the molecule is N=Cc1nc(Cl)nc(-c2ccncc2)c1N. The highest BCUT2D eigenvalue weighted by Crippen LogP contribution is 2.25. The topological polar surface area (TPSA) is 88.5 Å². The summed E-state index contributed by atoms with van der Waals surface area (Å²) in [5.41, 5.74) is 7.80. The Labute approximate surface area is 96.8 Å². The molecule has 0 bridgehead atoms. The zero-order chi connectivity index (χ0) is 11.5. The molecule has 0 atom stereocenters. The molecule has 0 aliphatic heterocycles. The smallest absolute Gasteiger partial charge is 0.223 e. The van der Waals surface area contributed by atoms with Gasteiger partial charge in [-0.3, -0.25) is 4.98 Å². The maximum Gasteiger partial charge on any atom is 0.223 e. The fourth-order valence-corrected chi connectivity index (χ4v) is 1.47. The summed E-state index contributed by atoms with van der Waals surface area (Å²) < 4.78 is 0. The van der Waals surface area contributed by atoms with Crippen LogP contribution in [0.25, 0.3) is 11.3 Å². The van der Waals surface area contributed by atoms with Crippen molar-refractivity contribution >= 4 is 23.5 Å². The summed E-state index contributed by atoms with van der Waals surface area (Å²) in [5, 5.41) is 7.24. The standard InChI is InChI=1S/C10H8ClN5/c11-10-15-7(5-12)8(13)9(16-10)6-1-3-14-4-2-6/h1-5,12H,13H2. The van der Waals surface area contributed by atoms with Crippen molar-refractivity contribution in [2.45, 2.75) is 0 Å². The van der Waals surface area contributed by atoms with E-state index in [9.17, 15) is 0 Å². The number of nitrogen functional groups attached to an aromatic ring is 1. The number of halogens is 1. The molecule has 0 saturated heterocycles. The third-order valence-corrected chi connectivity index (χ3v) is 2.21. The van der Waals surface area contributed by atoms with Crippen molar-refractivity contribution in [1.29, 1.82) is 5.41 Å². The molecule has 0 radical (unpaired) electrons. The zero-order valence-corrected chi connectivity index (χ0v) is 8.94. The minimum Gasteiger partial charge on any atom is -0.395 e. The van der Waals surface area contributed by atoms with Gasteiger partial charge in [-0.1, -0.05) is 0 Å². The van der Waals surface area contributed by atoms with Gasteiger partial charge in [0.15, 0.2) is 0 Å². The Hall–Kier alpha value is -2.01. The second kappa shape index (κ2) is 4.24. The summed E-state index contributed by atoms with van der Waals surface area (Å²) >= 11 is 5.75. The summed E-state index contributed by atoms with van der Waals surface area (Å²) in [4.78, 5) is 11.8. The Balaban J connectivity index is 2.66. The highest BCUT2D eigenvalue weighted by Gasteiger charge is 2.10. The van der Waals surface area contributed by atoms with Crippen molar-refractivity contribution in [3.05, 3.63) is 35.5 Å². The molecular weight excluding hydrogens is 226 g/mol. The van der Waals surface area contributed by atoms with Gasteiger partial charge in [-0.25, -0.2) is 9.97 Å². The Kier molecular flexibility index (Phi) is 2.78. The number of aromatic nitrogens is 3. The van der Waals surface area contributed by atoms with Gasteiger partial charge in [0.25, 0.3) is 0 Å². The van der Waals surface area contributed by atoms with Gasteiger partial charge in [0.05, 0.1) is 11.4 Å². The molecule has 0 aliphatic rings. The summed E-state index contributed by atoms with van der Waals surface area (Å²) in [7, 11) is 0. The lowest BCUT2D eigenvalue weighted by Crippen LogP contribution is -2.02. The van der Waals surface area contributed by atoms with Gasteiger partial charge in [0.2, 0.25) is 5.28 Å². The van der Waals surface area contributed by atoms with Crippen LogP contribution in [0.2, 0.25) is 5.28 Å². The molecule has 0 fully saturated rings. The van der Waals surface area contributed by atoms with E-state index in [1.807, 2.05) is 0 Å². The third-order valence-electron chi connectivity index (χ3n) is 2.04. The maximum absolute atomic E-state index is 7.17. The molecule has 2 rings (SSSR count). The van der Waals surface area contributed by atoms with Crippen LogP contribution in [0.5, 0.6) is 0 Å². The molecule has 2 aromatic rings. The van der Waals surface area contributed by atoms with Crippen LogP contribution in [-0.4, -0.2) is 21.2 Å². The Morgan fingerprint density at radius 1 is 1.25 bits per heavy atom. The maximum atomic E-state index is 7.17. The molecule has 6 heteroatoms. The van der Waals surface area contributed by atoms with Crippen LogP contribution in [0.3, 0.4) is 0 Å². The summed E-state index contributed by atoms with van der Waals surface area (Å²) in [6.07, 6.45) is 4.32. The van der Waals surface area contributed by atoms with E-state index in [2.05, 4.69) is 15.0 Å². The van der Waals surface area contributed by atoms with Crippen LogP contribution in [0.1, 0.15) is 5.69 Å². The quantitative estimate of drug-likeness (QED) is 0.611. The Morgan fingerprint density at radius 2 is 1.94 bits per heavy atom. The molecule has 2 heterocycles. The van der Waals surface area contributed by atoms with Crippen LogP contribution in [0, 0.1) is 5.41 Å². The number of rotatable bonds is 2. The molecule has 0 spiro atoms. The molecule has 3 N–H and O–H groups in total. The van der Waals surface area contributed by atoms with Gasteiger partial charge in [0, 0.05) is 24.2 Å². The van der Waals surface area contributed by atoms with Crippen molar-refractivity contribution < 1.29 is 0 Å². The predicted molar refractivity (Wildman–Crippen MR) is 62.6 cm³/mol. The van der Waals surface area contributed by atoms with Crippen molar-refractivity contribution in [3.63, 3.8) is 0 Å².